The summed E-state index contributed by atoms with van der Waals surface area (Å²) in [6.45, 7) is 0.234. The molecule has 0 spiro atoms. The van der Waals surface area contributed by atoms with Gasteiger partial charge in [0.25, 0.3) is 5.91 Å². The Morgan fingerprint density at radius 1 is 1.04 bits per heavy atom. The molecular formula is C20H22N2O5. The topological polar surface area (TPSA) is 109 Å². The van der Waals surface area contributed by atoms with Crippen LogP contribution in [0.3, 0.4) is 0 Å². The van der Waals surface area contributed by atoms with Crippen LogP contribution in [0.4, 0.5) is 5.69 Å². The summed E-state index contributed by atoms with van der Waals surface area (Å²) in [5.74, 6) is -2.29. The standard InChI is InChI=1S/C20H22N2O5/c23-18(21-12-13-6-5-11-27-13)16-9-3-4-10-17(16)22-19(24)14-7-1-2-8-15(14)20(25)26/h3-6,9-11,14-15H,1-2,7-8,12H2,(H,21,23)(H,22,24)(H,25,26)/t14-,15+/m0/s1. The van der Waals surface area contributed by atoms with Crippen LogP contribution in [0.25, 0.3) is 0 Å². The number of carbonyl (C=O) groups is 3. The van der Waals surface area contributed by atoms with E-state index in [1.165, 1.54) is 6.26 Å². The molecule has 0 bridgehead atoms. The van der Waals surface area contributed by atoms with E-state index in [9.17, 15) is 19.5 Å². The van der Waals surface area contributed by atoms with Crippen molar-refractivity contribution in [2.75, 3.05) is 5.32 Å². The van der Waals surface area contributed by atoms with Gasteiger partial charge in [-0.1, -0.05) is 25.0 Å². The molecular weight excluding hydrogens is 348 g/mol. The van der Waals surface area contributed by atoms with Crippen molar-refractivity contribution in [1.29, 1.82) is 0 Å². The van der Waals surface area contributed by atoms with E-state index in [4.69, 9.17) is 4.42 Å². The summed E-state index contributed by atoms with van der Waals surface area (Å²) < 4.78 is 5.19. The number of benzene rings is 1. The lowest BCUT2D eigenvalue weighted by Crippen LogP contribution is -2.36. The number of carboxylic acids is 1. The average molecular weight is 370 g/mol. The van der Waals surface area contributed by atoms with Crippen LogP contribution in [0.1, 0.15) is 41.8 Å². The van der Waals surface area contributed by atoms with Crippen molar-refractivity contribution < 1.29 is 23.9 Å². The summed E-state index contributed by atoms with van der Waals surface area (Å²) in [5.41, 5.74) is 0.689. The van der Waals surface area contributed by atoms with E-state index >= 15 is 0 Å². The number of anilines is 1. The van der Waals surface area contributed by atoms with E-state index in [0.29, 0.717) is 29.9 Å². The van der Waals surface area contributed by atoms with Gasteiger partial charge < -0.3 is 20.2 Å². The summed E-state index contributed by atoms with van der Waals surface area (Å²) in [4.78, 5) is 36.6. The first kappa shape index (κ1) is 18.7. The second-order valence-electron chi connectivity index (χ2n) is 6.63. The van der Waals surface area contributed by atoms with Gasteiger partial charge in [-0.05, 0) is 37.1 Å². The van der Waals surface area contributed by atoms with Crippen molar-refractivity contribution in [2.45, 2.75) is 32.2 Å². The molecule has 1 aromatic carbocycles. The molecule has 2 amide bonds. The molecule has 1 aromatic heterocycles. The quantitative estimate of drug-likeness (QED) is 0.724. The van der Waals surface area contributed by atoms with E-state index in [1.54, 1.807) is 36.4 Å². The summed E-state index contributed by atoms with van der Waals surface area (Å²) in [5, 5.41) is 14.9. The van der Waals surface area contributed by atoms with E-state index in [-0.39, 0.29) is 18.4 Å². The van der Waals surface area contributed by atoms with Crippen LogP contribution in [-0.2, 0) is 16.1 Å². The molecule has 1 fully saturated rings. The number of hydrogen-bond acceptors (Lipinski definition) is 4. The van der Waals surface area contributed by atoms with Crippen molar-refractivity contribution >= 4 is 23.5 Å². The van der Waals surface area contributed by atoms with Gasteiger partial charge in [0.05, 0.1) is 35.9 Å². The average Bonchev–Trinajstić information content (AvgIpc) is 3.20. The molecule has 142 valence electrons. The Labute approximate surface area is 156 Å². The Balaban J connectivity index is 1.70. The number of para-hydroxylation sites is 1. The zero-order valence-corrected chi connectivity index (χ0v) is 14.8. The van der Waals surface area contributed by atoms with Gasteiger partial charge in [-0.15, -0.1) is 0 Å². The van der Waals surface area contributed by atoms with Crippen LogP contribution >= 0.6 is 0 Å². The number of aliphatic carboxylic acids is 1. The Bertz CT molecular complexity index is 816. The second-order valence-corrected chi connectivity index (χ2v) is 6.63. The maximum absolute atomic E-state index is 12.7. The molecule has 1 heterocycles. The number of furan rings is 1. The number of carbonyl (C=O) groups excluding carboxylic acids is 2. The summed E-state index contributed by atoms with van der Waals surface area (Å²) in [6, 6.07) is 10.2. The van der Waals surface area contributed by atoms with Gasteiger partial charge in [-0.3, -0.25) is 14.4 Å². The minimum atomic E-state index is -0.945. The Kier molecular flexibility index (Phi) is 5.90. The summed E-state index contributed by atoms with van der Waals surface area (Å²) >= 11 is 0. The molecule has 1 aliphatic carbocycles. The van der Waals surface area contributed by atoms with Gasteiger partial charge in [-0.25, -0.2) is 0 Å². The third-order valence-corrected chi connectivity index (χ3v) is 4.85. The lowest BCUT2D eigenvalue weighted by atomic mass is 9.78. The Morgan fingerprint density at radius 2 is 1.78 bits per heavy atom. The van der Waals surface area contributed by atoms with Crippen LogP contribution in [0.2, 0.25) is 0 Å². The number of nitrogens with one attached hydrogen (secondary N) is 2. The number of amides is 2. The van der Waals surface area contributed by atoms with Crippen molar-refractivity contribution in [3.8, 4) is 0 Å². The third-order valence-electron chi connectivity index (χ3n) is 4.85. The molecule has 3 rings (SSSR count). The maximum Gasteiger partial charge on any atom is 0.307 e. The fourth-order valence-corrected chi connectivity index (χ4v) is 3.43. The molecule has 2 aromatic rings. The second kappa shape index (κ2) is 8.53. The number of rotatable bonds is 6. The molecule has 1 aliphatic rings. The molecule has 0 unspecified atom stereocenters. The van der Waals surface area contributed by atoms with Crippen molar-refractivity contribution in [1.82, 2.24) is 5.32 Å². The summed E-state index contributed by atoms with van der Waals surface area (Å²) in [7, 11) is 0. The molecule has 0 radical (unpaired) electrons. The largest absolute Gasteiger partial charge is 0.481 e. The van der Waals surface area contributed by atoms with Gasteiger partial charge >= 0.3 is 5.97 Å². The molecule has 0 saturated heterocycles. The van der Waals surface area contributed by atoms with Gasteiger partial charge in [0, 0.05) is 0 Å². The molecule has 2 atom stereocenters. The van der Waals surface area contributed by atoms with Crippen molar-refractivity contribution in [3.05, 3.63) is 54.0 Å². The van der Waals surface area contributed by atoms with Crippen molar-refractivity contribution in [2.24, 2.45) is 11.8 Å². The van der Waals surface area contributed by atoms with E-state index in [2.05, 4.69) is 10.6 Å². The minimum absolute atomic E-state index is 0.234. The first-order valence-corrected chi connectivity index (χ1v) is 8.99. The monoisotopic (exact) mass is 370 g/mol. The molecule has 7 nitrogen and oxygen atoms in total. The van der Waals surface area contributed by atoms with Gasteiger partial charge in [0.1, 0.15) is 5.76 Å². The maximum atomic E-state index is 12.7. The SMILES string of the molecule is O=C(NCc1ccco1)c1ccccc1NC(=O)[C@H]1CCCC[C@H]1C(=O)O. The van der Waals surface area contributed by atoms with E-state index < -0.39 is 17.8 Å². The molecule has 0 aliphatic heterocycles. The lowest BCUT2D eigenvalue weighted by molar-refractivity contribution is -0.147. The zero-order valence-electron chi connectivity index (χ0n) is 14.8. The lowest BCUT2D eigenvalue weighted by Gasteiger charge is -2.27. The van der Waals surface area contributed by atoms with Crippen molar-refractivity contribution in [3.63, 3.8) is 0 Å². The minimum Gasteiger partial charge on any atom is -0.481 e. The fourth-order valence-electron chi connectivity index (χ4n) is 3.43. The van der Waals surface area contributed by atoms with Crippen LogP contribution < -0.4 is 10.6 Å². The predicted octanol–water partition coefficient (Wildman–Crippen LogP) is 3.04. The third kappa shape index (κ3) is 4.55. The zero-order chi connectivity index (χ0) is 19.2. The predicted molar refractivity (Wildman–Crippen MR) is 98.0 cm³/mol. The summed E-state index contributed by atoms with van der Waals surface area (Å²) in [6.07, 6.45) is 4.20. The fraction of sp³-hybridized carbons (Fsp3) is 0.350. The molecule has 7 heteroatoms. The van der Waals surface area contributed by atoms with Gasteiger partial charge in [-0.2, -0.15) is 0 Å². The Hall–Kier alpha value is -3.09. The van der Waals surface area contributed by atoms with Crippen LogP contribution in [0, 0.1) is 11.8 Å². The highest BCUT2D eigenvalue weighted by Crippen LogP contribution is 2.31. The van der Waals surface area contributed by atoms with Gasteiger partial charge in [0.2, 0.25) is 5.91 Å². The molecule has 3 N–H and O–H groups in total. The molecule has 1 saturated carbocycles. The normalized spacial score (nSPS) is 19.3. The first-order chi connectivity index (χ1) is 13.1. The first-order valence-electron chi connectivity index (χ1n) is 8.99. The Morgan fingerprint density at radius 3 is 2.48 bits per heavy atom. The highest BCUT2D eigenvalue weighted by Gasteiger charge is 2.36. The molecule has 27 heavy (non-hydrogen) atoms. The number of carboxylic acid groups (broad SMARTS) is 1. The van der Waals surface area contributed by atoms with Gasteiger partial charge in [0.15, 0.2) is 0 Å². The van der Waals surface area contributed by atoms with Crippen LogP contribution in [0.5, 0.6) is 0 Å². The number of hydrogen-bond donors (Lipinski definition) is 3. The smallest absolute Gasteiger partial charge is 0.307 e. The van der Waals surface area contributed by atoms with Crippen LogP contribution in [-0.4, -0.2) is 22.9 Å². The van der Waals surface area contributed by atoms with E-state index in [1.807, 2.05) is 0 Å². The highest BCUT2D eigenvalue weighted by molar-refractivity contribution is 6.04. The van der Waals surface area contributed by atoms with Crippen LogP contribution in [0.15, 0.2) is 47.1 Å². The van der Waals surface area contributed by atoms with E-state index in [0.717, 1.165) is 12.8 Å². The highest BCUT2D eigenvalue weighted by atomic mass is 16.4.